The molecule has 6 nitrogen and oxygen atoms in total. The van der Waals surface area contributed by atoms with E-state index >= 15 is 0 Å². The van der Waals surface area contributed by atoms with Gasteiger partial charge in [0.1, 0.15) is 17.1 Å². The highest BCUT2D eigenvalue weighted by Gasteiger charge is 2.38. The molecule has 0 bridgehead atoms. The quantitative estimate of drug-likeness (QED) is 0.465. The fourth-order valence-corrected chi connectivity index (χ4v) is 5.21. The molecule has 4 rings (SSSR count). The van der Waals surface area contributed by atoms with Gasteiger partial charge in [-0.05, 0) is 53.5 Å². The fourth-order valence-electron chi connectivity index (χ4n) is 5.21. The van der Waals surface area contributed by atoms with Crippen LogP contribution in [0.5, 0.6) is 5.75 Å². The lowest BCUT2D eigenvalue weighted by molar-refractivity contribution is -0.131. The van der Waals surface area contributed by atoms with E-state index in [0.717, 1.165) is 23.6 Å². The Morgan fingerprint density at radius 2 is 1.68 bits per heavy atom. The van der Waals surface area contributed by atoms with Crippen LogP contribution in [0.15, 0.2) is 34.7 Å². The summed E-state index contributed by atoms with van der Waals surface area (Å²) in [5.41, 5.74) is 0.959. The van der Waals surface area contributed by atoms with Gasteiger partial charge >= 0.3 is 5.97 Å². The molecule has 2 N–H and O–H groups in total. The summed E-state index contributed by atoms with van der Waals surface area (Å²) in [4.78, 5) is 25.1. The highest BCUT2D eigenvalue weighted by molar-refractivity contribution is 6.16. The first-order chi connectivity index (χ1) is 14.5. The summed E-state index contributed by atoms with van der Waals surface area (Å²) >= 11 is 0. The molecule has 0 unspecified atom stereocenters. The molecule has 1 amide bonds. The lowest BCUT2D eigenvalue weighted by Crippen LogP contribution is -2.62. The molecule has 1 aliphatic rings. The maximum atomic E-state index is 13.4. The standard InChI is InChI=1S/C25H30N2O4/c1-14-21(23(29)26-16-12-24(3,4)27-25(5,6)13-16)19-11-20(31-15(2)28)17-9-7-8-10-18(17)22(19)30-14/h7-11,16,27H,12-13H2,1-6H3,(H,26,29). The van der Waals surface area contributed by atoms with Gasteiger partial charge in [-0.15, -0.1) is 0 Å². The van der Waals surface area contributed by atoms with E-state index in [4.69, 9.17) is 9.15 Å². The zero-order chi connectivity index (χ0) is 22.6. The predicted octanol–water partition coefficient (Wildman–Crippen LogP) is 4.86. The number of carbonyl (C=O) groups is 2. The van der Waals surface area contributed by atoms with Crippen molar-refractivity contribution in [3.63, 3.8) is 0 Å². The highest BCUT2D eigenvalue weighted by atomic mass is 16.5. The van der Waals surface area contributed by atoms with Gasteiger partial charge in [-0.25, -0.2) is 0 Å². The molecule has 3 aromatic rings. The SMILES string of the molecule is CC(=O)Oc1cc2c(C(=O)NC3CC(C)(C)NC(C)(C)C3)c(C)oc2c2ccccc12. The lowest BCUT2D eigenvalue weighted by atomic mass is 9.79. The van der Waals surface area contributed by atoms with Crippen molar-refractivity contribution in [2.75, 3.05) is 0 Å². The highest BCUT2D eigenvalue weighted by Crippen LogP contribution is 2.38. The minimum atomic E-state index is -0.408. The molecule has 0 aliphatic carbocycles. The second-order valence-electron chi connectivity index (χ2n) is 9.90. The van der Waals surface area contributed by atoms with Crippen LogP contribution in [0, 0.1) is 6.92 Å². The van der Waals surface area contributed by atoms with E-state index in [1.165, 1.54) is 6.92 Å². The Morgan fingerprint density at radius 1 is 1.06 bits per heavy atom. The van der Waals surface area contributed by atoms with Gasteiger partial charge in [0, 0.05) is 40.2 Å². The predicted molar refractivity (Wildman–Crippen MR) is 122 cm³/mol. The number of benzene rings is 2. The van der Waals surface area contributed by atoms with Gasteiger partial charge in [0.2, 0.25) is 0 Å². The van der Waals surface area contributed by atoms with Crippen molar-refractivity contribution in [2.24, 2.45) is 0 Å². The Bertz CT molecular complexity index is 1170. The van der Waals surface area contributed by atoms with Crippen LogP contribution >= 0.6 is 0 Å². The second-order valence-corrected chi connectivity index (χ2v) is 9.90. The molecule has 1 fully saturated rings. The van der Waals surface area contributed by atoms with Gasteiger partial charge in [0.25, 0.3) is 5.91 Å². The van der Waals surface area contributed by atoms with Crippen molar-refractivity contribution < 1.29 is 18.7 Å². The summed E-state index contributed by atoms with van der Waals surface area (Å²) in [6.07, 6.45) is 1.66. The minimum Gasteiger partial charge on any atom is -0.460 e. The summed E-state index contributed by atoms with van der Waals surface area (Å²) in [5, 5.41) is 9.09. The molecule has 0 atom stereocenters. The van der Waals surface area contributed by atoms with E-state index in [-0.39, 0.29) is 23.0 Å². The molecule has 31 heavy (non-hydrogen) atoms. The van der Waals surface area contributed by atoms with Crippen LogP contribution in [0.3, 0.4) is 0 Å². The minimum absolute atomic E-state index is 0.0384. The first-order valence-corrected chi connectivity index (χ1v) is 10.7. The molecule has 0 saturated carbocycles. The topological polar surface area (TPSA) is 80.6 Å². The summed E-state index contributed by atoms with van der Waals surface area (Å²) in [7, 11) is 0. The summed E-state index contributed by atoms with van der Waals surface area (Å²) < 4.78 is 11.5. The third kappa shape index (κ3) is 4.17. The van der Waals surface area contributed by atoms with Gasteiger partial charge in [-0.3, -0.25) is 9.59 Å². The first-order valence-electron chi connectivity index (χ1n) is 10.7. The number of piperidine rings is 1. The smallest absolute Gasteiger partial charge is 0.308 e. The molecule has 1 aliphatic heterocycles. The number of aryl methyl sites for hydroxylation is 1. The molecule has 2 aromatic carbocycles. The average Bonchev–Trinajstić information content (AvgIpc) is 2.94. The molecule has 0 radical (unpaired) electrons. The Hall–Kier alpha value is -2.86. The number of nitrogens with one attached hydrogen (secondary N) is 2. The van der Waals surface area contributed by atoms with E-state index in [1.54, 1.807) is 13.0 Å². The number of rotatable bonds is 3. The molecule has 2 heterocycles. The number of esters is 1. The number of ether oxygens (including phenoxy) is 1. The van der Waals surface area contributed by atoms with E-state index in [0.29, 0.717) is 28.0 Å². The molecular weight excluding hydrogens is 392 g/mol. The lowest BCUT2D eigenvalue weighted by Gasteiger charge is -2.46. The van der Waals surface area contributed by atoms with Crippen molar-refractivity contribution in [1.82, 2.24) is 10.6 Å². The summed E-state index contributed by atoms with van der Waals surface area (Å²) in [6.45, 7) is 11.8. The average molecular weight is 423 g/mol. The number of amides is 1. The van der Waals surface area contributed by atoms with Gasteiger partial charge in [0.15, 0.2) is 0 Å². The van der Waals surface area contributed by atoms with Crippen LogP contribution in [-0.4, -0.2) is 29.0 Å². The van der Waals surface area contributed by atoms with Crippen molar-refractivity contribution in [1.29, 1.82) is 0 Å². The van der Waals surface area contributed by atoms with Crippen LogP contribution < -0.4 is 15.4 Å². The molecule has 1 saturated heterocycles. The van der Waals surface area contributed by atoms with Gasteiger partial charge < -0.3 is 19.8 Å². The Kier molecular flexibility index (Phi) is 5.09. The van der Waals surface area contributed by atoms with E-state index in [9.17, 15) is 9.59 Å². The molecule has 6 heteroatoms. The Morgan fingerprint density at radius 3 is 2.29 bits per heavy atom. The number of carbonyl (C=O) groups excluding carboxylic acids is 2. The number of furan rings is 1. The Labute approximate surface area is 182 Å². The van der Waals surface area contributed by atoms with Crippen molar-refractivity contribution in [3.05, 3.63) is 41.7 Å². The third-order valence-corrected chi connectivity index (χ3v) is 5.84. The zero-order valence-electron chi connectivity index (χ0n) is 19.0. The van der Waals surface area contributed by atoms with E-state index in [2.05, 4.69) is 38.3 Å². The maximum absolute atomic E-state index is 13.4. The van der Waals surface area contributed by atoms with Gasteiger partial charge in [-0.1, -0.05) is 24.3 Å². The summed E-state index contributed by atoms with van der Waals surface area (Å²) in [5.74, 6) is 0.397. The summed E-state index contributed by atoms with van der Waals surface area (Å²) in [6, 6.07) is 9.34. The van der Waals surface area contributed by atoms with Crippen molar-refractivity contribution in [3.8, 4) is 5.75 Å². The second kappa shape index (κ2) is 7.38. The molecule has 0 spiro atoms. The van der Waals surface area contributed by atoms with Crippen molar-refractivity contribution >= 4 is 33.6 Å². The van der Waals surface area contributed by atoms with Crippen LogP contribution in [-0.2, 0) is 4.79 Å². The maximum Gasteiger partial charge on any atom is 0.308 e. The number of hydrogen-bond donors (Lipinski definition) is 2. The fraction of sp³-hybridized carbons (Fsp3) is 0.440. The Balaban J connectivity index is 1.77. The van der Waals surface area contributed by atoms with Gasteiger partial charge in [-0.2, -0.15) is 0 Å². The van der Waals surface area contributed by atoms with E-state index in [1.807, 2.05) is 24.3 Å². The monoisotopic (exact) mass is 422 g/mol. The van der Waals surface area contributed by atoms with Crippen LogP contribution in [0.4, 0.5) is 0 Å². The molecule has 1 aromatic heterocycles. The third-order valence-electron chi connectivity index (χ3n) is 5.84. The van der Waals surface area contributed by atoms with Gasteiger partial charge in [0.05, 0.1) is 5.56 Å². The van der Waals surface area contributed by atoms with E-state index < -0.39 is 5.97 Å². The first kappa shape index (κ1) is 21.4. The molecule has 164 valence electrons. The number of fused-ring (bicyclic) bond motifs is 3. The van der Waals surface area contributed by atoms with Crippen LogP contribution in [0.25, 0.3) is 21.7 Å². The largest absolute Gasteiger partial charge is 0.460 e. The van der Waals surface area contributed by atoms with Crippen molar-refractivity contribution in [2.45, 2.75) is 71.5 Å². The molecular formula is C25H30N2O4. The number of hydrogen-bond acceptors (Lipinski definition) is 5. The normalized spacial score (nSPS) is 18.3. The van der Waals surface area contributed by atoms with Crippen LogP contribution in [0.2, 0.25) is 0 Å². The zero-order valence-corrected chi connectivity index (χ0v) is 19.0. The van der Waals surface area contributed by atoms with Crippen LogP contribution in [0.1, 0.15) is 63.6 Å².